The highest BCUT2D eigenvalue weighted by molar-refractivity contribution is 5.97. The topological polar surface area (TPSA) is 59.5 Å². The summed E-state index contributed by atoms with van der Waals surface area (Å²) in [5, 5.41) is 0. The van der Waals surface area contributed by atoms with Gasteiger partial charge in [0.2, 0.25) is 11.8 Å². The maximum absolute atomic E-state index is 12.6. The first-order valence-electron chi connectivity index (χ1n) is 10.4. The number of Topliss-reactive ketones (excluding diaryl/α,β-unsaturated/α-hetero) is 1. The van der Waals surface area contributed by atoms with E-state index in [0.29, 0.717) is 30.7 Å². The maximum Gasteiger partial charge on any atom is 0.226 e. The van der Waals surface area contributed by atoms with Crippen molar-refractivity contribution in [3.05, 3.63) is 77.5 Å². The third kappa shape index (κ3) is 5.18. The standard InChI is InChI=1S/C26H28N2O3/c1-5-25(30)28(3)22-13-14-23(18(2)17-22)19-8-10-20(11-9-19)24(29)15-12-21-7-6-16-27-26(21)31-4/h6-11,13-14,16-17H,5,12,15H2,1-4H3. The zero-order chi connectivity index (χ0) is 22.4. The molecule has 0 bridgehead atoms. The number of carbonyl (C=O) groups is 2. The van der Waals surface area contributed by atoms with Crippen LogP contribution in [0.1, 0.15) is 41.3 Å². The summed E-state index contributed by atoms with van der Waals surface area (Å²) in [5.41, 5.74) is 5.70. The third-order valence-electron chi connectivity index (χ3n) is 5.46. The normalized spacial score (nSPS) is 10.6. The maximum atomic E-state index is 12.6. The third-order valence-corrected chi connectivity index (χ3v) is 5.46. The van der Waals surface area contributed by atoms with Crippen molar-refractivity contribution in [3.8, 4) is 17.0 Å². The van der Waals surface area contributed by atoms with Gasteiger partial charge in [0.1, 0.15) is 0 Å². The van der Waals surface area contributed by atoms with Gasteiger partial charge in [-0.15, -0.1) is 0 Å². The number of amides is 1. The van der Waals surface area contributed by atoms with Gasteiger partial charge in [-0.1, -0.05) is 43.3 Å². The van der Waals surface area contributed by atoms with Gasteiger partial charge in [-0.3, -0.25) is 9.59 Å². The summed E-state index contributed by atoms with van der Waals surface area (Å²) < 4.78 is 5.26. The number of nitrogens with zero attached hydrogens (tertiary/aromatic N) is 2. The van der Waals surface area contributed by atoms with Crippen LogP contribution in [0.5, 0.6) is 5.88 Å². The van der Waals surface area contributed by atoms with Gasteiger partial charge in [0, 0.05) is 42.9 Å². The van der Waals surface area contributed by atoms with Crippen LogP contribution in [0.4, 0.5) is 5.69 Å². The van der Waals surface area contributed by atoms with Crippen molar-refractivity contribution in [1.82, 2.24) is 4.98 Å². The van der Waals surface area contributed by atoms with E-state index in [1.807, 2.05) is 68.4 Å². The summed E-state index contributed by atoms with van der Waals surface area (Å²) in [5.74, 6) is 0.735. The van der Waals surface area contributed by atoms with E-state index in [2.05, 4.69) is 4.98 Å². The summed E-state index contributed by atoms with van der Waals surface area (Å²) in [4.78, 5) is 30.4. The van der Waals surface area contributed by atoms with E-state index < -0.39 is 0 Å². The van der Waals surface area contributed by atoms with E-state index in [1.54, 1.807) is 25.3 Å². The quantitative estimate of drug-likeness (QED) is 0.470. The minimum atomic E-state index is 0.0823. The molecule has 160 valence electrons. The molecule has 3 rings (SSSR count). The molecule has 5 nitrogen and oxygen atoms in total. The van der Waals surface area contributed by atoms with Crippen LogP contribution in [0.25, 0.3) is 11.1 Å². The summed E-state index contributed by atoms with van der Waals surface area (Å²) >= 11 is 0. The second-order valence-electron chi connectivity index (χ2n) is 7.48. The molecule has 0 aliphatic heterocycles. The number of aryl methyl sites for hydroxylation is 2. The van der Waals surface area contributed by atoms with Crippen molar-refractivity contribution < 1.29 is 14.3 Å². The molecule has 31 heavy (non-hydrogen) atoms. The van der Waals surface area contributed by atoms with Gasteiger partial charge < -0.3 is 9.64 Å². The summed E-state index contributed by atoms with van der Waals surface area (Å²) in [6.45, 7) is 3.89. The second kappa shape index (κ2) is 10.0. The SMILES string of the molecule is CCC(=O)N(C)c1ccc(-c2ccc(C(=O)CCc3cccnc3OC)cc2)c(C)c1. The Labute approximate surface area is 183 Å². The highest BCUT2D eigenvalue weighted by atomic mass is 16.5. The van der Waals surface area contributed by atoms with Crippen LogP contribution >= 0.6 is 0 Å². The minimum Gasteiger partial charge on any atom is -0.481 e. The number of methoxy groups -OCH3 is 1. The second-order valence-corrected chi connectivity index (χ2v) is 7.48. The molecule has 2 aromatic carbocycles. The first kappa shape index (κ1) is 22.2. The van der Waals surface area contributed by atoms with Gasteiger partial charge >= 0.3 is 0 Å². The molecule has 5 heteroatoms. The lowest BCUT2D eigenvalue weighted by Crippen LogP contribution is -2.25. The fourth-order valence-corrected chi connectivity index (χ4v) is 3.59. The van der Waals surface area contributed by atoms with Crippen molar-refractivity contribution in [1.29, 1.82) is 0 Å². The van der Waals surface area contributed by atoms with Crippen molar-refractivity contribution in [2.24, 2.45) is 0 Å². The first-order chi connectivity index (χ1) is 14.9. The zero-order valence-electron chi connectivity index (χ0n) is 18.5. The molecule has 0 unspecified atom stereocenters. The molecule has 0 saturated carbocycles. The van der Waals surface area contributed by atoms with Crippen LogP contribution in [0, 0.1) is 6.92 Å². The monoisotopic (exact) mass is 416 g/mol. The van der Waals surface area contributed by atoms with E-state index in [0.717, 1.165) is 27.9 Å². The highest BCUT2D eigenvalue weighted by Crippen LogP contribution is 2.28. The van der Waals surface area contributed by atoms with Crippen LogP contribution < -0.4 is 9.64 Å². The van der Waals surface area contributed by atoms with Crippen LogP contribution in [0.15, 0.2) is 60.8 Å². The molecule has 0 spiro atoms. The molecule has 0 radical (unpaired) electrons. The summed E-state index contributed by atoms with van der Waals surface area (Å²) in [6, 6.07) is 17.5. The van der Waals surface area contributed by atoms with Crippen molar-refractivity contribution in [2.45, 2.75) is 33.1 Å². The Hall–Kier alpha value is -3.47. The van der Waals surface area contributed by atoms with E-state index in [9.17, 15) is 9.59 Å². The predicted molar refractivity (Wildman–Crippen MR) is 124 cm³/mol. The lowest BCUT2D eigenvalue weighted by Gasteiger charge is -2.18. The van der Waals surface area contributed by atoms with Crippen molar-refractivity contribution in [3.63, 3.8) is 0 Å². The molecule has 0 N–H and O–H groups in total. The Morgan fingerprint density at radius 1 is 1.06 bits per heavy atom. The smallest absolute Gasteiger partial charge is 0.226 e. The molecule has 3 aromatic rings. The number of hydrogen-bond donors (Lipinski definition) is 0. The number of carbonyl (C=O) groups excluding carboxylic acids is 2. The van der Waals surface area contributed by atoms with Gasteiger partial charge in [-0.2, -0.15) is 0 Å². The summed E-state index contributed by atoms with van der Waals surface area (Å²) in [7, 11) is 3.38. The number of aromatic nitrogens is 1. The van der Waals surface area contributed by atoms with Crippen LogP contribution in [0.2, 0.25) is 0 Å². The van der Waals surface area contributed by atoms with Gasteiger partial charge in [0.25, 0.3) is 0 Å². The number of pyridine rings is 1. The molecule has 0 aliphatic carbocycles. The number of ether oxygens (including phenoxy) is 1. The number of anilines is 1. The molecule has 0 saturated heterocycles. The van der Waals surface area contributed by atoms with Crippen LogP contribution in [0.3, 0.4) is 0 Å². The molecule has 0 aliphatic rings. The van der Waals surface area contributed by atoms with E-state index in [1.165, 1.54) is 0 Å². The summed E-state index contributed by atoms with van der Waals surface area (Å²) in [6.07, 6.45) is 3.13. The van der Waals surface area contributed by atoms with Gasteiger partial charge in [0.15, 0.2) is 5.78 Å². The van der Waals surface area contributed by atoms with Crippen LogP contribution in [-0.2, 0) is 11.2 Å². The zero-order valence-corrected chi connectivity index (χ0v) is 18.5. The minimum absolute atomic E-state index is 0.0823. The van der Waals surface area contributed by atoms with Crippen LogP contribution in [-0.4, -0.2) is 30.8 Å². The number of benzene rings is 2. The Morgan fingerprint density at radius 3 is 2.45 bits per heavy atom. The average molecular weight is 417 g/mol. The molecule has 0 atom stereocenters. The van der Waals surface area contributed by atoms with Gasteiger partial charge in [-0.05, 0) is 48.2 Å². The lowest BCUT2D eigenvalue weighted by atomic mass is 9.97. The van der Waals surface area contributed by atoms with E-state index in [4.69, 9.17) is 4.74 Å². The Kier molecular flexibility index (Phi) is 7.19. The number of hydrogen-bond acceptors (Lipinski definition) is 4. The molecule has 1 amide bonds. The number of ketones is 1. The fourth-order valence-electron chi connectivity index (χ4n) is 3.59. The molecule has 1 heterocycles. The fraction of sp³-hybridized carbons (Fsp3) is 0.269. The Morgan fingerprint density at radius 2 is 1.81 bits per heavy atom. The molecule has 1 aromatic heterocycles. The first-order valence-corrected chi connectivity index (χ1v) is 10.4. The Bertz CT molecular complexity index is 1070. The van der Waals surface area contributed by atoms with Gasteiger partial charge in [0.05, 0.1) is 7.11 Å². The van der Waals surface area contributed by atoms with Gasteiger partial charge in [-0.25, -0.2) is 4.98 Å². The van der Waals surface area contributed by atoms with Crippen molar-refractivity contribution >= 4 is 17.4 Å². The predicted octanol–water partition coefficient (Wildman–Crippen LogP) is 5.25. The largest absolute Gasteiger partial charge is 0.481 e. The number of rotatable bonds is 8. The van der Waals surface area contributed by atoms with E-state index >= 15 is 0 Å². The lowest BCUT2D eigenvalue weighted by molar-refractivity contribution is -0.118. The molecular weight excluding hydrogens is 388 g/mol. The van der Waals surface area contributed by atoms with E-state index in [-0.39, 0.29) is 11.7 Å². The molecular formula is C26H28N2O3. The highest BCUT2D eigenvalue weighted by Gasteiger charge is 2.12. The molecule has 0 fully saturated rings. The van der Waals surface area contributed by atoms with Crippen molar-refractivity contribution in [2.75, 3.05) is 19.1 Å². The Balaban J connectivity index is 1.71. The average Bonchev–Trinajstić information content (AvgIpc) is 2.81.